The first-order chi connectivity index (χ1) is 34.5. The quantitative estimate of drug-likeness (QED) is 0.0262. The van der Waals surface area contributed by atoms with Gasteiger partial charge >= 0.3 is 17.9 Å². The molecular weight excluding hydrogens is 865 g/mol. The van der Waals surface area contributed by atoms with Crippen LogP contribution in [0.25, 0.3) is 0 Å². The third-order valence-corrected chi connectivity index (χ3v) is 10.5. The maximum absolute atomic E-state index is 12.8. The van der Waals surface area contributed by atoms with Crippen LogP contribution >= 0.6 is 0 Å². The fraction of sp³-hybridized carbons (Fsp3) is 0.516. The Morgan fingerprint density at radius 2 is 0.557 bits per heavy atom. The number of carbonyl (C=O) groups is 3. The Hall–Kier alpha value is -5.23. The Labute approximate surface area is 428 Å². The highest BCUT2D eigenvalue weighted by Crippen LogP contribution is 2.11. The first-order valence-electron chi connectivity index (χ1n) is 27.1. The molecule has 1 atom stereocenters. The van der Waals surface area contributed by atoms with Crippen LogP contribution in [0.5, 0.6) is 0 Å². The molecule has 6 heteroatoms. The molecule has 0 aromatic heterocycles. The monoisotopic (exact) mass is 961 g/mol. The maximum Gasteiger partial charge on any atom is 0.306 e. The summed E-state index contributed by atoms with van der Waals surface area (Å²) in [5, 5.41) is 0. The molecule has 0 aliphatic carbocycles. The number of hydrogen-bond acceptors (Lipinski definition) is 6. The summed E-state index contributed by atoms with van der Waals surface area (Å²) in [4.78, 5) is 38.1. The molecule has 1 unspecified atom stereocenters. The van der Waals surface area contributed by atoms with E-state index in [1.807, 2.05) is 12.2 Å². The molecule has 0 bridgehead atoms. The molecule has 0 heterocycles. The van der Waals surface area contributed by atoms with E-state index in [9.17, 15) is 14.4 Å². The van der Waals surface area contributed by atoms with Crippen molar-refractivity contribution in [1.29, 1.82) is 0 Å². The minimum atomic E-state index is -0.854. The molecule has 0 rings (SSSR count). The van der Waals surface area contributed by atoms with E-state index in [1.165, 1.54) is 12.8 Å². The van der Waals surface area contributed by atoms with Crippen LogP contribution in [0.15, 0.2) is 170 Å². The zero-order valence-electron chi connectivity index (χ0n) is 44.2. The van der Waals surface area contributed by atoms with Gasteiger partial charge in [0.15, 0.2) is 6.10 Å². The predicted octanol–water partition coefficient (Wildman–Crippen LogP) is 18.4. The Morgan fingerprint density at radius 1 is 0.286 bits per heavy atom. The molecule has 0 aromatic rings. The molecule has 0 amide bonds. The molecule has 388 valence electrons. The SMILES string of the molecule is CC/C=C\C/C=C\C/C=C\C/C=C\C/C=C\CCCC(=O)OC(COC(=O)CC/C=C\C/C=C\C/C=C\C/C=C\C/C=C\CC)COC(=O)CCCCCCCC/C=C\C/C=C\C/C=C\C/C=C\CC. The van der Waals surface area contributed by atoms with Crippen molar-refractivity contribution >= 4 is 17.9 Å². The largest absolute Gasteiger partial charge is 0.462 e. The third kappa shape index (κ3) is 53.7. The smallest absolute Gasteiger partial charge is 0.306 e. The van der Waals surface area contributed by atoms with E-state index in [0.29, 0.717) is 19.3 Å². The number of carbonyl (C=O) groups excluding carboxylic acids is 3. The topological polar surface area (TPSA) is 78.9 Å². The molecule has 0 aliphatic heterocycles. The Bertz CT molecular complexity index is 1670. The lowest BCUT2D eigenvalue weighted by Gasteiger charge is -2.18. The molecule has 0 radical (unpaired) electrons. The molecule has 70 heavy (non-hydrogen) atoms. The van der Waals surface area contributed by atoms with Gasteiger partial charge in [0.1, 0.15) is 13.2 Å². The second-order valence-electron chi connectivity index (χ2n) is 17.0. The van der Waals surface area contributed by atoms with Gasteiger partial charge in [-0.05, 0) is 128 Å². The van der Waals surface area contributed by atoms with E-state index in [0.717, 1.165) is 128 Å². The molecule has 0 saturated carbocycles. The molecule has 0 aromatic carbocycles. The summed E-state index contributed by atoms with van der Waals surface area (Å²) in [6, 6.07) is 0. The van der Waals surface area contributed by atoms with Crippen molar-refractivity contribution in [2.75, 3.05) is 13.2 Å². The first kappa shape index (κ1) is 64.8. The van der Waals surface area contributed by atoms with Crippen LogP contribution in [0.1, 0.15) is 194 Å². The van der Waals surface area contributed by atoms with E-state index in [1.54, 1.807) is 0 Å². The summed E-state index contributed by atoms with van der Waals surface area (Å²) in [7, 11) is 0. The van der Waals surface area contributed by atoms with Crippen LogP contribution in [-0.4, -0.2) is 37.2 Å². The molecule has 0 fully saturated rings. The van der Waals surface area contributed by atoms with Crippen molar-refractivity contribution < 1.29 is 28.6 Å². The van der Waals surface area contributed by atoms with Gasteiger partial charge in [0.25, 0.3) is 0 Å². The van der Waals surface area contributed by atoms with Crippen LogP contribution in [0.2, 0.25) is 0 Å². The highest BCUT2D eigenvalue weighted by molar-refractivity contribution is 5.71. The van der Waals surface area contributed by atoms with E-state index < -0.39 is 12.1 Å². The van der Waals surface area contributed by atoms with Gasteiger partial charge in [0.05, 0.1) is 0 Å². The Kier molecular flexibility index (Phi) is 52.1. The lowest BCUT2D eigenvalue weighted by atomic mass is 10.1. The van der Waals surface area contributed by atoms with E-state index in [2.05, 4.69) is 179 Å². The molecule has 0 N–H and O–H groups in total. The number of allylic oxidation sites excluding steroid dienone is 28. The normalized spacial score (nSPS) is 13.5. The number of unbranched alkanes of at least 4 members (excludes halogenated alkanes) is 7. The number of rotatable bonds is 46. The van der Waals surface area contributed by atoms with Gasteiger partial charge in [-0.15, -0.1) is 0 Å². The minimum absolute atomic E-state index is 0.140. The van der Waals surface area contributed by atoms with Crippen molar-refractivity contribution in [2.45, 2.75) is 200 Å². The van der Waals surface area contributed by atoms with Crippen LogP contribution in [-0.2, 0) is 28.6 Å². The second kappa shape index (κ2) is 56.4. The summed E-state index contributed by atoms with van der Waals surface area (Å²) in [5.41, 5.74) is 0. The van der Waals surface area contributed by atoms with Crippen molar-refractivity contribution in [2.24, 2.45) is 0 Å². The summed E-state index contributed by atoms with van der Waals surface area (Å²) in [5.74, 6) is -1.11. The van der Waals surface area contributed by atoms with E-state index in [4.69, 9.17) is 14.2 Å². The zero-order valence-corrected chi connectivity index (χ0v) is 44.2. The van der Waals surface area contributed by atoms with Crippen LogP contribution in [0.3, 0.4) is 0 Å². The molecule has 0 aliphatic rings. The highest BCUT2D eigenvalue weighted by Gasteiger charge is 2.19. The van der Waals surface area contributed by atoms with Gasteiger partial charge in [-0.3, -0.25) is 14.4 Å². The predicted molar refractivity (Wildman–Crippen MR) is 301 cm³/mol. The van der Waals surface area contributed by atoms with Gasteiger partial charge in [0.2, 0.25) is 0 Å². The standard InChI is InChI=1S/C64H96O6/c1-4-7-10-13-16-19-22-25-28-31-32-34-36-39-42-45-48-51-54-57-63(66)69-60-61(59-68-62(65)56-53-50-47-44-41-38-35-30-27-24-21-18-15-12-9-6-3)70-64(67)58-55-52-49-46-43-40-37-33-29-26-23-20-17-14-11-8-5-2/h7-12,16-21,25-30,32,34,37-38,40-41,46-47,49-50,61H,4-6,13-15,22-24,31,33,35-36,39,42-45,48,51-60H2,1-3H3/b10-7-,11-8-,12-9-,19-16-,20-17-,21-18-,28-25-,29-26-,30-27-,34-32-,40-37-,41-38-,49-46-,50-47-. The third-order valence-electron chi connectivity index (χ3n) is 10.5. The Morgan fingerprint density at radius 3 is 0.929 bits per heavy atom. The maximum atomic E-state index is 12.8. The molecule has 6 nitrogen and oxygen atoms in total. The molecule has 0 saturated heterocycles. The highest BCUT2D eigenvalue weighted by atomic mass is 16.6. The number of hydrogen-bond donors (Lipinski definition) is 0. The second-order valence-corrected chi connectivity index (χ2v) is 17.0. The van der Waals surface area contributed by atoms with Gasteiger partial charge in [-0.1, -0.05) is 217 Å². The van der Waals surface area contributed by atoms with E-state index in [-0.39, 0.29) is 38.0 Å². The summed E-state index contributed by atoms with van der Waals surface area (Å²) < 4.78 is 16.7. The Balaban J connectivity index is 4.64. The molecule has 0 spiro atoms. The van der Waals surface area contributed by atoms with Crippen LogP contribution in [0.4, 0.5) is 0 Å². The van der Waals surface area contributed by atoms with Gasteiger partial charge in [0, 0.05) is 19.3 Å². The number of ether oxygens (including phenoxy) is 3. The fourth-order valence-electron chi connectivity index (χ4n) is 6.52. The lowest BCUT2D eigenvalue weighted by Crippen LogP contribution is -2.30. The van der Waals surface area contributed by atoms with Gasteiger partial charge in [-0.25, -0.2) is 0 Å². The van der Waals surface area contributed by atoms with Gasteiger partial charge in [-0.2, -0.15) is 0 Å². The van der Waals surface area contributed by atoms with Crippen molar-refractivity contribution in [3.05, 3.63) is 170 Å². The first-order valence-corrected chi connectivity index (χ1v) is 27.1. The zero-order chi connectivity index (χ0) is 50.7. The summed E-state index contributed by atoms with van der Waals surface area (Å²) in [6.45, 7) is 6.14. The summed E-state index contributed by atoms with van der Waals surface area (Å²) in [6.07, 6.45) is 83.5. The van der Waals surface area contributed by atoms with Crippen LogP contribution < -0.4 is 0 Å². The number of esters is 3. The average Bonchev–Trinajstić information content (AvgIpc) is 3.36. The van der Waals surface area contributed by atoms with Crippen molar-refractivity contribution in [3.63, 3.8) is 0 Å². The van der Waals surface area contributed by atoms with Crippen molar-refractivity contribution in [3.8, 4) is 0 Å². The van der Waals surface area contributed by atoms with Gasteiger partial charge < -0.3 is 14.2 Å². The molecular formula is C64H96O6. The van der Waals surface area contributed by atoms with Crippen molar-refractivity contribution in [1.82, 2.24) is 0 Å². The minimum Gasteiger partial charge on any atom is -0.462 e. The average molecular weight is 961 g/mol. The fourth-order valence-corrected chi connectivity index (χ4v) is 6.52. The summed E-state index contributed by atoms with van der Waals surface area (Å²) >= 11 is 0. The lowest BCUT2D eigenvalue weighted by molar-refractivity contribution is -0.166. The van der Waals surface area contributed by atoms with E-state index >= 15 is 0 Å². The van der Waals surface area contributed by atoms with Crippen LogP contribution in [0, 0.1) is 0 Å².